The summed E-state index contributed by atoms with van der Waals surface area (Å²) in [4.78, 5) is 24.3. The zero-order chi connectivity index (χ0) is 16.0. The van der Waals surface area contributed by atoms with Crippen LogP contribution in [0.1, 0.15) is 33.3 Å². The number of nitrogens with zero attached hydrogens (tertiary/aromatic N) is 1. The number of aliphatic carboxylic acids is 1. The molecule has 0 fully saturated rings. The molecule has 0 radical (unpaired) electrons. The Morgan fingerprint density at radius 2 is 2.14 bits per heavy atom. The van der Waals surface area contributed by atoms with Crippen molar-refractivity contribution in [2.24, 2.45) is 0 Å². The molecular formula is C15H19NO4S. The highest BCUT2D eigenvalue weighted by Gasteiger charge is 2.29. The van der Waals surface area contributed by atoms with Crippen LogP contribution in [0.25, 0.3) is 0 Å². The number of carbonyl (C=O) groups excluding carboxylic acids is 1. The van der Waals surface area contributed by atoms with Crippen LogP contribution in [0, 0.1) is 11.8 Å². The first-order chi connectivity index (χ1) is 9.70. The van der Waals surface area contributed by atoms with Gasteiger partial charge in [0.05, 0.1) is 6.54 Å². The summed E-state index contributed by atoms with van der Waals surface area (Å²) in [5.41, 5.74) is 0.154. The zero-order valence-electron chi connectivity index (χ0n) is 12.5. The molecular weight excluding hydrogens is 290 g/mol. The third-order valence-electron chi connectivity index (χ3n) is 2.46. The van der Waals surface area contributed by atoms with Crippen molar-refractivity contribution in [3.63, 3.8) is 0 Å². The fourth-order valence-electron chi connectivity index (χ4n) is 1.38. The minimum atomic E-state index is -1.10. The maximum Gasteiger partial charge on any atom is 0.411 e. The van der Waals surface area contributed by atoms with E-state index in [1.165, 1.54) is 18.3 Å². The molecule has 1 aromatic heterocycles. The van der Waals surface area contributed by atoms with E-state index in [9.17, 15) is 9.59 Å². The van der Waals surface area contributed by atoms with Crippen LogP contribution in [0.5, 0.6) is 0 Å². The van der Waals surface area contributed by atoms with Gasteiger partial charge < -0.3 is 9.84 Å². The lowest BCUT2D eigenvalue weighted by Gasteiger charge is -2.28. The summed E-state index contributed by atoms with van der Waals surface area (Å²) in [6.45, 7) is 6.61. The normalized spacial score (nSPS) is 12.0. The smallest absolute Gasteiger partial charge is 0.411 e. The second kappa shape index (κ2) is 7.14. The number of carboxylic acid groups (broad SMARTS) is 1. The van der Waals surface area contributed by atoms with Crippen molar-refractivity contribution in [1.29, 1.82) is 0 Å². The molecule has 0 bridgehead atoms. The van der Waals surface area contributed by atoms with Crippen LogP contribution in [0.4, 0.5) is 4.79 Å². The molecule has 0 unspecified atom stereocenters. The first-order valence-electron chi connectivity index (χ1n) is 6.44. The second-order valence-corrected chi connectivity index (χ2v) is 6.22. The highest BCUT2D eigenvalue weighted by molar-refractivity contribution is 7.08. The van der Waals surface area contributed by atoms with E-state index in [-0.39, 0.29) is 6.54 Å². The Morgan fingerprint density at radius 3 is 2.62 bits per heavy atom. The number of rotatable bonds is 3. The highest BCUT2D eigenvalue weighted by Crippen LogP contribution is 2.12. The van der Waals surface area contributed by atoms with E-state index >= 15 is 0 Å². The van der Waals surface area contributed by atoms with Gasteiger partial charge >= 0.3 is 12.1 Å². The third kappa shape index (κ3) is 5.88. The maximum absolute atomic E-state index is 12.1. The number of ether oxygens (including phenoxy) is 1. The quantitative estimate of drug-likeness (QED) is 0.872. The number of thiophene rings is 1. The molecule has 0 spiro atoms. The molecule has 1 rings (SSSR count). The van der Waals surface area contributed by atoms with Gasteiger partial charge in [0.1, 0.15) is 11.6 Å². The number of carbonyl (C=O) groups is 2. The molecule has 5 nitrogen and oxygen atoms in total. The number of amides is 1. The van der Waals surface area contributed by atoms with Gasteiger partial charge in [-0.2, -0.15) is 11.3 Å². The topological polar surface area (TPSA) is 66.8 Å². The average Bonchev–Trinajstić information content (AvgIpc) is 2.84. The standard InChI is InChI=1S/C15H19NO4S/c1-11(13(17)18)16(14(19)20-15(2,3)4)8-5-6-12-7-9-21-10-12/h7,9-11H,8H2,1-4H3,(H,17,18)/t11-/m0/s1. The Bertz CT molecular complexity index is 548. The van der Waals surface area contributed by atoms with Crippen molar-refractivity contribution in [2.45, 2.75) is 39.3 Å². The van der Waals surface area contributed by atoms with E-state index in [0.717, 1.165) is 10.5 Å². The van der Waals surface area contributed by atoms with Crippen LogP contribution >= 0.6 is 11.3 Å². The molecule has 1 amide bonds. The molecule has 1 atom stereocenters. The van der Waals surface area contributed by atoms with Crippen LogP contribution in [-0.4, -0.2) is 40.3 Å². The summed E-state index contributed by atoms with van der Waals surface area (Å²) in [7, 11) is 0. The highest BCUT2D eigenvalue weighted by atomic mass is 32.1. The van der Waals surface area contributed by atoms with Crippen molar-refractivity contribution < 1.29 is 19.4 Å². The number of hydrogen-bond acceptors (Lipinski definition) is 4. The van der Waals surface area contributed by atoms with E-state index in [1.807, 2.05) is 16.8 Å². The largest absolute Gasteiger partial charge is 0.480 e. The van der Waals surface area contributed by atoms with Gasteiger partial charge in [-0.15, -0.1) is 0 Å². The molecule has 114 valence electrons. The van der Waals surface area contributed by atoms with E-state index in [2.05, 4.69) is 11.8 Å². The van der Waals surface area contributed by atoms with Gasteiger partial charge in [-0.05, 0) is 39.1 Å². The van der Waals surface area contributed by atoms with Crippen LogP contribution < -0.4 is 0 Å². The maximum atomic E-state index is 12.1. The summed E-state index contributed by atoms with van der Waals surface area (Å²) >= 11 is 1.52. The van der Waals surface area contributed by atoms with E-state index in [0.29, 0.717) is 0 Å². The van der Waals surface area contributed by atoms with Crippen LogP contribution in [0.2, 0.25) is 0 Å². The van der Waals surface area contributed by atoms with Gasteiger partial charge in [0.2, 0.25) is 0 Å². The van der Waals surface area contributed by atoms with Crippen molar-refractivity contribution in [2.75, 3.05) is 6.54 Å². The van der Waals surface area contributed by atoms with Crippen LogP contribution in [-0.2, 0) is 9.53 Å². The molecule has 0 saturated heterocycles. The molecule has 0 aliphatic heterocycles. The fourth-order valence-corrected chi connectivity index (χ4v) is 1.96. The molecule has 6 heteroatoms. The van der Waals surface area contributed by atoms with Crippen molar-refractivity contribution in [3.8, 4) is 11.8 Å². The molecule has 1 heterocycles. The molecule has 0 aliphatic rings. The predicted molar refractivity (Wildman–Crippen MR) is 81.2 cm³/mol. The van der Waals surface area contributed by atoms with Crippen molar-refractivity contribution >= 4 is 23.4 Å². The Balaban J connectivity index is 2.82. The molecule has 1 N–H and O–H groups in total. The first-order valence-corrected chi connectivity index (χ1v) is 7.38. The van der Waals surface area contributed by atoms with Crippen molar-refractivity contribution in [3.05, 3.63) is 22.4 Å². The van der Waals surface area contributed by atoms with E-state index in [1.54, 1.807) is 20.8 Å². The molecule has 1 aromatic rings. The summed E-state index contributed by atoms with van der Waals surface area (Å²) in [5, 5.41) is 12.9. The third-order valence-corrected chi connectivity index (χ3v) is 3.14. The SMILES string of the molecule is C[C@@H](C(=O)O)N(CC#Cc1ccsc1)C(=O)OC(C)(C)C. The van der Waals surface area contributed by atoms with E-state index < -0.39 is 23.7 Å². The second-order valence-electron chi connectivity index (χ2n) is 5.44. The lowest BCUT2D eigenvalue weighted by molar-refractivity contribution is -0.142. The molecule has 0 aliphatic carbocycles. The van der Waals surface area contributed by atoms with Crippen molar-refractivity contribution in [1.82, 2.24) is 4.90 Å². The Morgan fingerprint density at radius 1 is 1.48 bits per heavy atom. The summed E-state index contributed by atoms with van der Waals surface area (Å²) in [6.07, 6.45) is -0.683. The molecule has 0 aromatic carbocycles. The van der Waals surface area contributed by atoms with Gasteiger partial charge in [0.15, 0.2) is 0 Å². The molecule has 21 heavy (non-hydrogen) atoms. The van der Waals surface area contributed by atoms with Gasteiger partial charge in [0, 0.05) is 10.9 Å². The predicted octanol–water partition coefficient (Wildman–Crippen LogP) is 2.81. The van der Waals surface area contributed by atoms with Gasteiger partial charge in [-0.1, -0.05) is 11.8 Å². The average molecular weight is 309 g/mol. The van der Waals surface area contributed by atoms with Gasteiger partial charge in [0.25, 0.3) is 0 Å². The number of hydrogen-bond donors (Lipinski definition) is 1. The first kappa shape index (κ1) is 17.1. The van der Waals surface area contributed by atoms with Gasteiger partial charge in [-0.25, -0.2) is 9.59 Å². The lowest BCUT2D eigenvalue weighted by Crippen LogP contribution is -2.45. The monoisotopic (exact) mass is 309 g/mol. The van der Waals surface area contributed by atoms with Gasteiger partial charge in [-0.3, -0.25) is 4.90 Å². The van der Waals surface area contributed by atoms with Crippen LogP contribution in [0.3, 0.4) is 0 Å². The summed E-state index contributed by atoms with van der Waals surface area (Å²) in [6, 6.07) is 0.854. The van der Waals surface area contributed by atoms with E-state index in [4.69, 9.17) is 9.84 Å². The Hall–Kier alpha value is -2.00. The lowest BCUT2D eigenvalue weighted by atomic mass is 10.2. The minimum Gasteiger partial charge on any atom is -0.480 e. The Labute approximate surface area is 128 Å². The summed E-state index contributed by atoms with van der Waals surface area (Å²) < 4.78 is 5.22. The fraction of sp³-hybridized carbons (Fsp3) is 0.467. The minimum absolute atomic E-state index is 0.00176. The Kier molecular flexibility index (Phi) is 5.79. The molecule has 0 saturated carbocycles. The number of carboxylic acids is 1. The zero-order valence-corrected chi connectivity index (χ0v) is 13.4. The summed E-state index contributed by atoms with van der Waals surface area (Å²) in [5.74, 6) is 4.59. The van der Waals surface area contributed by atoms with Crippen LogP contribution in [0.15, 0.2) is 16.8 Å².